The van der Waals surface area contributed by atoms with Crippen LogP contribution in [0.15, 0.2) is 53.6 Å². The molecule has 0 radical (unpaired) electrons. The molecule has 2 aromatic rings. The van der Waals surface area contributed by atoms with Crippen LogP contribution < -0.4 is 22.2 Å². The van der Waals surface area contributed by atoms with Gasteiger partial charge in [-0.1, -0.05) is 24.3 Å². The number of hydrogen-bond donors (Lipinski definition) is 5. The molecule has 0 bridgehead atoms. The van der Waals surface area contributed by atoms with E-state index in [9.17, 15) is 24.0 Å². The third kappa shape index (κ3) is 6.70. The minimum Gasteiger partial charge on any atom is -0.481 e. The van der Waals surface area contributed by atoms with Crippen LogP contribution >= 0.6 is 0 Å². The number of carbonyl (C=O) groups excluding carboxylic acids is 4. The molecule has 0 aliphatic rings. The van der Waals surface area contributed by atoms with Gasteiger partial charge in [-0.2, -0.15) is 5.10 Å². The number of hydrazone groups is 1. The lowest BCUT2D eigenvalue weighted by Crippen LogP contribution is -2.49. The van der Waals surface area contributed by atoms with Gasteiger partial charge in [-0.25, -0.2) is 9.69 Å². The van der Waals surface area contributed by atoms with Gasteiger partial charge < -0.3 is 27.3 Å². The van der Waals surface area contributed by atoms with E-state index < -0.39 is 42.2 Å². The lowest BCUT2D eigenvalue weighted by atomic mass is 10.1. The number of para-hydroxylation sites is 1. The highest BCUT2D eigenvalue weighted by atomic mass is 16.4. The van der Waals surface area contributed by atoms with E-state index in [1.165, 1.54) is 30.5 Å². The van der Waals surface area contributed by atoms with Gasteiger partial charge in [0, 0.05) is 12.6 Å². The molecule has 0 fully saturated rings. The van der Waals surface area contributed by atoms with Crippen LogP contribution in [0.5, 0.6) is 0 Å². The van der Waals surface area contributed by atoms with Crippen molar-refractivity contribution in [3.8, 4) is 0 Å². The lowest BCUT2D eigenvalue weighted by molar-refractivity contribution is -0.145. The van der Waals surface area contributed by atoms with Gasteiger partial charge in [0.05, 0.1) is 29.9 Å². The number of carboxylic acids is 1. The van der Waals surface area contributed by atoms with Crippen LogP contribution in [0.1, 0.15) is 29.3 Å². The zero-order valence-corrected chi connectivity index (χ0v) is 17.5. The van der Waals surface area contributed by atoms with Crippen molar-refractivity contribution in [3.05, 3.63) is 59.7 Å². The number of nitrogens with two attached hydrogens (primary N) is 2. The first kappa shape index (κ1) is 24.7. The summed E-state index contributed by atoms with van der Waals surface area (Å²) >= 11 is 0. The molecule has 0 spiro atoms. The van der Waals surface area contributed by atoms with Crippen molar-refractivity contribution in [1.82, 2.24) is 4.90 Å². The summed E-state index contributed by atoms with van der Waals surface area (Å²) < 4.78 is 0. The van der Waals surface area contributed by atoms with Crippen LogP contribution in [0.4, 0.5) is 16.2 Å². The Labute approximate surface area is 188 Å². The second-order valence-corrected chi connectivity index (χ2v) is 6.73. The van der Waals surface area contributed by atoms with Gasteiger partial charge in [-0.05, 0) is 29.8 Å². The summed E-state index contributed by atoms with van der Waals surface area (Å²) in [6.07, 6.45) is 0.657. The number of hydrogen-bond acceptors (Lipinski definition) is 8. The van der Waals surface area contributed by atoms with Crippen molar-refractivity contribution < 1.29 is 29.1 Å². The zero-order chi connectivity index (χ0) is 24.5. The highest BCUT2D eigenvalue weighted by Crippen LogP contribution is 2.19. The molecule has 0 aliphatic heterocycles. The lowest BCUT2D eigenvalue weighted by Gasteiger charge is -2.21. The molecule has 0 saturated carbocycles. The molecule has 2 rings (SSSR count). The summed E-state index contributed by atoms with van der Waals surface area (Å²) in [5.41, 5.74) is 6.53. The fourth-order valence-corrected chi connectivity index (χ4v) is 2.76. The van der Waals surface area contributed by atoms with E-state index >= 15 is 0 Å². The molecule has 33 heavy (non-hydrogen) atoms. The maximum Gasteiger partial charge on any atom is 0.323 e. The van der Waals surface area contributed by atoms with E-state index in [0.717, 1.165) is 12.5 Å². The first-order valence-corrected chi connectivity index (χ1v) is 9.50. The fraction of sp³-hybridized carbons (Fsp3) is 0.143. The molecular weight excluding hydrogens is 432 g/mol. The Morgan fingerprint density at radius 2 is 1.70 bits per heavy atom. The largest absolute Gasteiger partial charge is 0.481 e. The fourth-order valence-electron chi connectivity index (χ4n) is 2.76. The number of amides is 5. The molecule has 0 aliphatic carbocycles. The second kappa shape index (κ2) is 11.2. The van der Waals surface area contributed by atoms with Gasteiger partial charge in [0.1, 0.15) is 0 Å². The molecule has 7 N–H and O–H groups in total. The highest BCUT2D eigenvalue weighted by Gasteiger charge is 2.33. The molecule has 5 amide bonds. The zero-order valence-electron chi connectivity index (χ0n) is 17.5. The van der Waals surface area contributed by atoms with Crippen LogP contribution in [0.3, 0.4) is 0 Å². The highest BCUT2D eigenvalue weighted by molar-refractivity contribution is 6.19. The number of rotatable bonds is 7. The minimum absolute atomic E-state index is 0.0118. The summed E-state index contributed by atoms with van der Waals surface area (Å²) in [4.78, 5) is 60.9. The molecule has 0 heterocycles. The second-order valence-electron chi connectivity index (χ2n) is 6.73. The van der Waals surface area contributed by atoms with Gasteiger partial charge in [0.2, 0.25) is 5.91 Å². The number of nitrogens with zero attached hydrogens (tertiary/aromatic N) is 2. The Bertz CT molecular complexity index is 1100. The number of anilines is 2. The summed E-state index contributed by atoms with van der Waals surface area (Å²) in [5.74, 6) is 0.533. The van der Waals surface area contributed by atoms with Gasteiger partial charge in [-0.15, -0.1) is 0 Å². The number of carboxylic acid groups (broad SMARTS) is 1. The van der Waals surface area contributed by atoms with Crippen LogP contribution in [0.25, 0.3) is 0 Å². The number of nitrogens with one attached hydrogen (secondary N) is 2. The number of carbonyl (C=O) groups is 5. The number of aliphatic carboxylic acids is 1. The predicted octanol–water partition coefficient (Wildman–Crippen LogP) is 0.941. The monoisotopic (exact) mass is 454 g/mol. The Kier molecular flexibility index (Phi) is 8.35. The third-order valence-electron chi connectivity index (χ3n) is 4.25. The summed E-state index contributed by atoms with van der Waals surface area (Å²) in [6, 6.07) is 9.93. The Hall–Kier alpha value is -4.58. The standard InChI is InChI=1S/C21H22N6O6/c1-12(28)27(20(32)16(22)10-18(29)30)19(31)15-4-2-3-5-17(15)26-21(33)25-14-8-6-13(7-9-14)11-24-23/h2-9,11,16H,10,22-23H2,1H3,(H,29,30)(H2,25,26,33)/t16-/m0/s1. The summed E-state index contributed by atoms with van der Waals surface area (Å²) in [7, 11) is 0. The Morgan fingerprint density at radius 3 is 2.27 bits per heavy atom. The summed E-state index contributed by atoms with van der Waals surface area (Å²) in [5, 5.41) is 17.3. The first-order valence-electron chi connectivity index (χ1n) is 9.50. The minimum atomic E-state index is -1.61. The van der Waals surface area contributed by atoms with E-state index in [4.69, 9.17) is 16.7 Å². The van der Waals surface area contributed by atoms with Crippen molar-refractivity contribution in [2.24, 2.45) is 16.7 Å². The van der Waals surface area contributed by atoms with Gasteiger partial charge >= 0.3 is 12.0 Å². The molecule has 0 aromatic heterocycles. The third-order valence-corrected chi connectivity index (χ3v) is 4.25. The molecule has 0 unspecified atom stereocenters. The summed E-state index contributed by atoms with van der Waals surface area (Å²) in [6.45, 7) is 0.963. The molecule has 172 valence electrons. The smallest absolute Gasteiger partial charge is 0.323 e. The van der Waals surface area contributed by atoms with E-state index in [1.54, 1.807) is 24.3 Å². The molecule has 1 atom stereocenters. The van der Waals surface area contributed by atoms with Crippen molar-refractivity contribution in [3.63, 3.8) is 0 Å². The maximum absolute atomic E-state index is 13.0. The van der Waals surface area contributed by atoms with E-state index in [1.807, 2.05) is 0 Å². The van der Waals surface area contributed by atoms with Crippen LogP contribution in [-0.2, 0) is 14.4 Å². The average Bonchev–Trinajstić information content (AvgIpc) is 2.75. The van der Waals surface area contributed by atoms with E-state index in [-0.39, 0.29) is 16.2 Å². The van der Waals surface area contributed by atoms with Crippen molar-refractivity contribution in [2.75, 3.05) is 10.6 Å². The number of imide groups is 3. The molecule has 12 nitrogen and oxygen atoms in total. The quantitative estimate of drug-likeness (QED) is 0.231. The first-order chi connectivity index (χ1) is 15.6. The van der Waals surface area contributed by atoms with Crippen molar-refractivity contribution >= 4 is 47.3 Å². The maximum atomic E-state index is 13.0. The van der Waals surface area contributed by atoms with Gasteiger partial charge in [0.15, 0.2) is 0 Å². The number of benzene rings is 2. The van der Waals surface area contributed by atoms with Crippen LogP contribution in [0.2, 0.25) is 0 Å². The van der Waals surface area contributed by atoms with Crippen LogP contribution in [0, 0.1) is 0 Å². The Morgan fingerprint density at radius 1 is 1.06 bits per heavy atom. The van der Waals surface area contributed by atoms with E-state index in [2.05, 4.69) is 15.7 Å². The SMILES string of the molecule is CC(=O)N(C(=O)c1ccccc1NC(=O)Nc1ccc(C=NN)cc1)C(=O)[C@@H](N)CC(=O)O. The van der Waals surface area contributed by atoms with Gasteiger partial charge in [-0.3, -0.25) is 19.2 Å². The number of urea groups is 1. The topological polar surface area (TPSA) is 197 Å². The molecule has 0 saturated heterocycles. The average molecular weight is 454 g/mol. The molecule has 12 heteroatoms. The van der Waals surface area contributed by atoms with Gasteiger partial charge in [0.25, 0.3) is 11.8 Å². The van der Waals surface area contributed by atoms with Crippen LogP contribution in [-0.4, -0.2) is 52.0 Å². The van der Waals surface area contributed by atoms with Crippen molar-refractivity contribution in [2.45, 2.75) is 19.4 Å². The normalized spacial score (nSPS) is 11.5. The molecular formula is C21H22N6O6. The molecule has 2 aromatic carbocycles. The van der Waals surface area contributed by atoms with Crippen molar-refractivity contribution in [1.29, 1.82) is 0 Å². The van der Waals surface area contributed by atoms with E-state index in [0.29, 0.717) is 5.69 Å². The predicted molar refractivity (Wildman–Crippen MR) is 119 cm³/mol. The Balaban J connectivity index is 2.22.